The Morgan fingerprint density at radius 2 is 2.23 bits per heavy atom. The molecule has 2 aromatic rings. The SMILES string of the molecule is CCCCC(=O)Nc1nc(C)c(Cc2ccc(Br)c(Cl)c2)s1. The van der Waals surface area contributed by atoms with Crippen LogP contribution in [0.5, 0.6) is 0 Å². The molecule has 0 bridgehead atoms. The number of benzene rings is 1. The first-order chi connectivity index (χ1) is 10.5. The summed E-state index contributed by atoms with van der Waals surface area (Å²) in [5, 5.41) is 4.26. The number of halogens is 2. The minimum Gasteiger partial charge on any atom is -0.302 e. The molecule has 2 rings (SSSR count). The molecule has 0 fully saturated rings. The van der Waals surface area contributed by atoms with E-state index in [9.17, 15) is 4.79 Å². The highest BCUT2D eigenvalue weighted by Crippen LogP contribution is 2.28. The van der Waals surface area contributed by atoms with Crippen LogP contribution in [-0.2, 0) is 11.2 Å². The van der Waals surface area contributed by atoms with Crippen molar-refractivity contribution in [3.05, 3.63) is 43.8 Å². The number of carbonyl (C=O) groups excluding carboxylic acids is 1. The van der Waals surface area contributed by atoms with Crippen molar-refractivity contribution in [3.63, 3.8) is 0 Å². The zero-order valence-corrected chi connectivity index (χ0v) is 15.7. The van der Waals surface area contributed by atoms with E-state index in [-0.39, 0.29) is 5.91 Å². The molecule has 0 saturated carbocycles. The predicted octanol–water partition coefficient (Wildman–Crippen LogP) is 5.59. The van der Waals surface area contributed by atoms with Gasteiger partial charge in [0.1, 0.15) is 0 Å². The predicted molar refractivity (Wildman–Crippen MR) is 97.0 cm³/mol. The minimum atomic E-state index is 0.0360. The number of carbonyl (C=O) groups is 1. The summed E-state index contributed by atoms with van der Waals surface area (Å²) in [6.45, 7) is 4.04. The normalized spacial score (nSPS) is 10.7. The van der Waals surface area contributed by atoms with E-state index in [0.29, 0.717) is 16.6 Å². The van der Waals surface area contributed by atoms with Crippen LogP contribution in [0, 0.1) is 6.92 Å². The van der Waals surface area contributed by atoms with E-state index in [2.05, 4.69) is 33.2 Å². The van der Waals surface area contributed by atoms with Crippen molar-refractivity contribution in [3.8, 4) is 0 Å². The van der Waals surface area contributed by atoms with Gasteiger partial charge in [-0.25, -0.2) is 4.98 Å². The first kappa shape index (κ1) is 17.4. The Morgan fingerprint density at radius 1 is 1.45 bits per heavy atom. The van der Waals surface area contributed by atoms with Crippen LogP contribution in [0.15, 0.2) is 22.7 Å². The van der Waals surface area contributed by atoms with Gasteiger partial charge in [-0.05, 0) is 47.0 Å². The lowest BCUT2D eigenvalue weighted by Gasteiger charge is -2.02. The van der Waals surface area contributed by atoms with Gasteiger partial charge in [0.05, 0.1) is 10.7 Å². The molecule has 0 radical (unpaired) electrons. The molecule has 1 aromatic carbocycles. The Bertz CT molecular complexity index is 672. The van der Waals surface area contributed by atoms with E-state index >= 15 is 0 Å². The van der Waals surface area contributed by atoms with E-state index < -0.39 is 0 Å². The van der Waals surface area contributed by atoms with Crippen LogP contribution in [0.1, 0.15) is 42.3 Å². The van der Waals surface area contributed by atoms with Crippen LogP contribution >= 0.6 is 38.9 Å². The Kier molecular flexibility index (Phi) is 6.41. The second kappa shape index (κ2) is 8.09. The lowest BCUT2D eigenvalue weighted by atomic mass is 10.1. The number of rotatable bonds is 6. The van der Waals surface area contributed by atoms with Crippen molar-refractivity contribution in [1.29, 1.82) is 0 Å². The third-order valence-electron chi connectivity index (χ3n) is 3.25. The minimum absolute atomic E-state index is 0.0360. The van der Waals surface area contributed by atoms with Crippen LogP contribution in [0.3, 0.4) is 0 Å². The Hall–Kier alpha value is -0.910. The molecule has 0 aliphatic carbocycles. The molecule has 1 heterocycles. The molecule has 118 valence electrons. The smallest absolute Gasteiger partial charge is 0.226 e. The van der Waals surface area contributed by atoms with Gasteiger partial charge in [-0.3, -0.25) is 4.79 Å². The van der Waals surface area contributed by atoms with E-state index in [0.717, 1.165) is 39.9 Å². The average molecular weight is 402 g/mol. The zero-order chi connectivity index (χ0) is 16.1. The highest BCUT2D eigenvalue weighted by molar-refractivity contribution is 9.10. The van der Waals surface area contributed by atoms with Gasteiger partial charge in [0.2, 0.25) is 5.91 Å². The first-order valence-electron chi connectivity index (χ1n) is 7.19. The fraction of sp³-hybridized carbons (Fsp3) is 0.375. The molecule has 6 heteroatoms. The van der Waals surface area contributed by atoms with Gasteiger partial charge in [0.25, 0.3) is 0 Å². The lowest BCUT2D eigenvalue weighted by Crippen LogP contribution is -2.10. The van der Waals surface area contributed by atoms with Gasteiger partial charge >= 0.3 is 0 Å². The summed E-state index contributed by atoms with van der Waals surface area (Å²) < 4.78 is 0.891. The summed E-state index contributed by atoms with van der Waals surface area (Å²) in [6, 6.07) is 5.93. The van der Waals surface area contributed by atoms with Crippen molar-refractivity contribution in [2.75, 3.05) is 5.32 Å². The summed E-state index contributed by atoms with van der Waals surface area (Å²) >= 11 is 11.0. The molecule has 0 spiro atoms. The van der Waals surface area contributed by atoms with E-state index in [1.54, 1.807) is 0 Å². The molecular weight excluding hydrogens is 384 g/mol. The van der Waals surface area contributed by atoms with Gasteiger partial charge in [0.15, 0.2) is 5.13 Å². The van der Waals surface area contributed by atoms with Gasteiger partial charge in [-0.2, -0.15) is 0 Å². The van der Waals surface area contributed by atoms with E-state index in [4.69, 9.17) is 11.6 Å². The summed E-state index contributed by atoms with van der Waals surface area (Å²) in [5.74, 6) is 0.0360. The molecule has 22 heavy (non-hydrogen) atoms. The van der Waals surface area contributed by atoms with E-state index in [1.165, 1.54) is 11.3 Å². The van der Waals surface area contributed by atoms with Crippen molar-refractivity contribution in [2.45, 2.75) is 39.5 Å². The van der Waals surface area contributed by atoms with Crippen LogP contribution in [-0.4, -0.2) is 10.9 Å². The summed E-state index contributed by atoms with van der Waals surface area (Å²) in [6.07, 6.45) is 3.23. The molecular formula is C16H18BrClN2OS. The molecule has 3 nitrogen and oxygen atoms in total. The van der Waals surface area contributed by atoms with Crippen LogP contribution in [0.25, 0.3) is 0 Å². The monoisotopic (exact) mass is 400 g/mol. The molecule has 0 unspecified atom stereocenters. The molecule has 0 aliphatic rings. The number of hydrogen-bond donors (Lipinski definition) is 1. The maximum absolute atomic E-state index is 11.8. The number of anilines is 1. The third-order valence-corrected chi connectivity index (χ3v) is 5.55. The summed E-state index contributed by atoms with van der Waals surface area (Å²) in [4.78, 5) is 17.3. The molecule has 0 aliphatic heterocycles. The highest BCUT2D eigenvalue weighted by Gasteiger charge is 2.11. The average Bonchev–Trinajstić information content (AvgIpc) is 2.80. The molecule has 1 amide bonds. The lowest BCUT2D eigenvalue weighted by molar-refractivity contribution is -0.116. The highest BCUT2D eigenvalue weighted by atomic mass is 79.9. The molecule has 0 saturated heterocycles. The number of aryl methyl sites for hydroxylation is 1. The summed E-state index contributed by atoms with van der Waals surface area (Å²) in [5.41, 5.74) is 2.08. The van der Waals surface area contributed by atoms with Crippen molar-refractivity contribution < 1.29 is 4.79 Å². The number of unbranched alkanes of at least 4 members (excludes halogenated alkanes) is 1. The number of hydrogen-bond acceptors (Lipinski definition) is 3. The standard InChI is InChI=1S/C16H18BrClN2OS/c1-3-4-5-15(21)20-16-19-10(2)14(22-16)9-11-6-7-12(17)13(18)8-11/h6-8H,3-5,9H2,1-2H3,(H,19,20,21). The van der Waals surface area contributed by atoms with Crippen LogP contribution in [0.4, 0.5) is 5.13 Å². The van der Waals surface area contributed by atoms with Gasteiger partial charge in [-0.1, -0.05) is 31.0 Å². The molecule has 1 N–H and O–H groups in total. The molecule has 0 atom stereocenters. The second-order valence-corrected chi connectivity index (χ2v) is 7.45. The van der Waals surface area contributed by atoms with Crippen LogP contribution in [0.2, 0.25) is 5.02 Å². The maximum Gasteiger partial charge on any atom is 0.226 e. The van der Waals surface area contributed by atoms with E-state index in [1.807, 2.05) is 25.1 Å². The fourth-order valence-electron chi connectivity index (χ4n) is 2.00. The number of amides is 1. The Morgan fingerprint density at radius 3 is 2.91 bits per heavy atom. The van der Waals surface area contributed by atoms with Crippen LogP contribution < -0.4 is 5.32 Å². The zero-order valence-electron chi connectivity index (χ0n) is 12.6. The fourth-order valence-corrected chi connectivity index (χ4v) is 3.46. The number of thiazole rings is 1. The van der Waals surface area contributed by atoms with Crippen molar-refractivity contribution in [2.24, 2.45) is 0 Å². The summed E-state index contributed by atoms with van der Waals surface area (Å²) in [7, 11) is 0. The number of nitrogens with zero attached hydrogens (tertiary/aromatic N) is 1. The third kappa shape index (κ3) is 4.80. The van der Waals surface area contributed by atoms with Gasteiger partial charge in [0, 0.05) is 22.2 Å². The van der Waals surface area contributed by atoms with Gasteiger partial charge < -0.3 is 5.32 Å². The van der Waals surface area contributed by atoms with Crippen molar-refractivity contribution in [1.82, 2.24) is 4.98 Å². The van der Waals surface area contributed by atoms with Crippen molar-refractivity contribution >= 4 is 49.9 Å². The Labute approximate surface area is 148 Å². The number of nitrogens with one attached hydrogen (secondary N) is 1. The largest absolute Gasteiger partial charge is 0.302 e. The Balaban J connectivity index is 2.06. The number of aromatic nitrogens is 1. The molecule has 1 aromatic heterocycles. The first-order valence-corrected chi connectivity index (χ1v) is 9.18. The topological polar surface area (TPSA) is 42.0 Å². The quantitative estimate of drug-likeness (QED) is 0.686. The second-order valence-electron chi connectivity index (χ2n) is 5.10. The van der Waals surface area contributed by atoms with Gasteiger partial charge in [-0.15, -0.1) is 11.3 Å². The maximum atomic E-state index is 11.8.